The molecule has 0 radical (unpaired) electrons. The average Bonchev–Trinajstić information content (AvgIpc) is 1.67. The van der Waals surface area contributed by atoms with Crippen molar-refractivity contribution >= 4 is 20.7 Å². The first-order valence-corrected chi connectivity index (χ1v) is 3.43. The first-order chi connectivity index (χ1) is 3.68. The van der Waals surface area contributed by atoms with Gasteiger partial charge in [0.2, 0.25) is 0 Å². The first-order valence-electron chi connectivity index (χ1n) is 2.57. The number of aliphatic hydroxyl groups is 1. The van der Waals surface area contributed by atoms with Crippen molar-refractivity contribution in [2.75, 3.05) is 0 Å². The minimum atomic E-state index is -0.778. The summed E-state index contributed by atoms with van der Waals surface area (Å²) in [6.07, 6.45) is 0.625. The summed E-state index contributed by atoms with van der Waals surface area (Å²) < 4.78 is -0.258. The third-order valence-electron chi connectivity index (χ3n) is 0.834. The normalized spacial score (nSPS) is 13.2. The van der Waals surface area contributed by atoms with Crippen molar-refractivity contribution in [1.29, 1.82) is 0 Å². The van der Waals surface area contributed by atoms with Gasteiger partial charge in [-0.15, -0.1) is 0 Å². The van der Waals surface area contributed by atoms with Crippen molar-refractivity contribution in [3.8, 4) is 0 Å². The molecule has 0 spiro atoms. The Kier molecular flexibility index (Phi) is 4.15. The van der Waals surface area contributed by atoms with Crippen LogP contribution in [0.25, 0.3) is 0 Å². The van der Waals surface area contributed by atoms with Gasteiger partial charge in [0.1, 0.15) is 0 Å². The summed E-state index contributed by atoms with van der Waals surface area (Å²) in [5.41, 5.74) is 0. The van der Waals surface area contributed by atoms with E-state index in [2.05, 4.69) is 16.0 Å². The molecule has 0 rings (SSSR count). The molecule has 0 saturated heterocycles. The summed E-state index contributed by atoms with van der Waals surface area (Å²) >= 11 is 2.24. The van der Waals surface area contributed by atoms with Gasteiger partial charge in [-0.3, -0.25) is 0 Å². The molecule has 0 aliphatic heterocycles. The van der Waals surface area contributed by atoms with Crippen molar-refractivity contribution in [2.45, 2.75) is 25.9 Å². The van der Waals surface area contributed by atoms with E-state index in [1.807, 2.05) is 6.92 Å². The zero-order valence-electron chi connectivity index (χ0n) is 4.76. The first kappa shape index (κ1) is 8.15. The van der Waals surface area contributed by atoms with Crippen LogP contribution in [0.5, 0.6) is 0 Å². The Labute approximate surface area is 57.1 Å². The third kappa shape index (κ3) is 3.19. The Morgan fingerprint density at radius 1 is 1.88 bits per heavy atom. The van der Waals surface area contributed by atoms with Gasteiger partial charge in [0.15, 0.2) is 0 Å². The maximum atomic E-state index is 10.2. The van der Waals surface area contributed by atoms with E-state index in [9.17, 15) is 4.79 Å². The summed E-state index contributed by atoms with van der Waals surface area (Å²) in [6, 6.07) is 0. The van der Waals surface area contributed by atoms with Gasteiger partial charge in [0, 0.05) is 0 Å². The van der Waals surface area contributed by atoms with Crippen molar-refractivity contribution in [1.82, 2.24) is 0 Å². The molecule has 8 heavy (non-hydrogen) atoms. The average molecular weight is 180 g/mol. The summed E-state index contributed by atoms with van der Waals surface area (Å²) in [6.45, 7) is 1.92. The van der Waals surface area contributed by atoms with Crippen LogP contribution in [0, 0.1) is 0 Å². The topological polar surface area (TPSA) is 37.3 Å². The molecule has 1 atom stereocenters. The fourth-order valence-corrected chi connectivity index (χ4v) is 0.639. The molecule has 2 nitrogen and oxygen atoms in total. The molecular weight excluding hydrogens is 171 g/mol. The monoisotopic (exact) mass is 181 g/mol. The van der Waals surface area contributed by atoms with E-state index in [4.69, 9.17) is 5.11 Å². The van der Waals surface area contributed by atoms with Crippen LogP contribution in [-0.4, -0.2) is 31.9 Å². The Balaban J connectivity index is 3.32. The van der Waals surface area contributed by atoms with Crippen LogP contribution in [0.3, 0.4) is 0 Å². The van der Waals surface area contributed by atoms with E-state index in [0.29, 0.717) is 6.42 Å². The van der Waals surface area contributed by atoms with Crippen LogP contribution >= 0.6 is 0 Å². The fraction of sp³-hybridized carbons (Fsp3) is 0.800. The van der Waals surface area contributed by atoms with Crippen LogP contribution in [0.15, 0.2) is 0 Å². The van der Waals surface area contributed by atoms with E-state index < -0.39 is 6.10 Å². The van der Waals surface area contributed by atoms with Crippen molar-refractivity contribution in [3.63, 3.8) is 0 Å². The maximum absolute atomic E-state index is 10.2. The molecule has 0 unspecified atom stereocenters. The van der Waals surface area contributed by atoms with Crippen molar-refractivity contribution in [3.05, 3.63) is 0 Å². The second-order valence-corrected chi connectivity index (χ2v) is 2.47. The van der Waals surface area contributed by atoms with Crippen molar-refractivity contribution < 1.29 is 9.90 Å². The second-order valence-electron chi connectivity index (χ2n) is 1.62. The van der Waals surface area contributed by atoms with Crippen LogP contribution in [0.4, 0.5) is 0 Å². The molecule has 0 aromatic carbocycles. The molecule has 0 fully saturated rings. The number of rotatable bonds is 3. The quantitative estimate of drug-likeness (QED) is 0.613. The summed E-state index contributed by atoms with van der Waals surface area (Å²) in [5.74, 6) is 0. The molecule has 0 aliphatic rings. The van der Waals surface area contributed by atoms with E-state index in [-0.39, 0.29) is 4.68 Å². The van der Waals surface area contributed by atoms with E-state index in [1.165, 1.54) is 0 Å². The summed E-state index contributed by atoms with van der Waals surface area (Å²) in [4.78, 5) is 10.2. The van der Waals surface area contributed by atoms with Gasteiger partial charge in [-0.1, -0.05) is 0 Å². The molecular formula is C5H9O2Se-. The number of hydrogen-bond donors (Lipinski definition) is 1. The Hall–Kier alpha value is 0.149. The van der Waals surface area contributed by atoms with Gasteiger partial charge in [-0.05, 0) is 0 Å². The number of aliphatic hydroxyl groups excluding tert-OH is 1. The Morgan fingerprint density at radius 3 is 2.50 bits per heavy atom. The van der Waals surface area contributed by atoms with Crippen molar-refractivity contribution in [2.24, 2.45) is 0 Å². The predicted octanol–water partition coefficient (Wildman–Crippen LogP) is -0.158. The fourth-order valence-electron chi connectivity index (χ4n) is 0.391. The SMILES string of the molecule is CCC[C@H](O)C(=O)[Se-]. The molecule has 0 bridgehead atoms. The molecule has 1 N–H and O–H groups in total. The van der Waals surface area contributed by atoms with Gasteiger partial charge < -0.3 is 0 Å². The molecule has 0 aromatic heterocycles. The standard InChI is InChI=1S/C5H10O2Se/c1-2-3-4(6)5(7)8/h4,6H,2-3H2,1H3,(H,7,8)/p-1/t4-/m0/s1. The zero-order valence-corrected chi connectivity index (χ0v) is 6.47. The Morgan fingerprint density at radius 2 is 2.38 bits per heavy atom. The molecule has 0 heterocycles. The number of carbonyl (C=O) groups is 1. The van der Waals surface area contributed by atoms with E-state index in [0.717, 1.165) is 6.42 Å². The molecule has 0 aliphatic carbocycles. The number of carbonyl (C=O) groups excluding carboxylic acids is 1. The molecule has 0 aromatic rings. The van der Waals surface area contributed by atoms with Gasteiger partial charge in [-0.25, -0.2) is 0 Å². The van der Waals surface area contributed by atoms with Gasteiger partial charge in [-0.2, -0.15) is 0 Å². The summed E-state index contributed by atoms with van der Waals surface area (Å²) in [7, 11) is 0. The second kappa shape index (κ2) is 4.07. The molecule has 0 saturated carbocycles. The molecule has 0 amide bonds. The van der Waals surface area contributed by atoms with E-state index >= 15 is 0 Å². The molecule has 48 valence electrons. The van der Waals surface area contributed by atoms with E-state index in [1.54, 1.807) is 0 Å². The molecule has 3 heteroatoms. The summed E-state index contributed by atoms with van der Waals surface area (Å²) in [5, 5.41) is 8.75. The minimum absolute atomic E-state index is 0.258. The van der Waals surface area contributed by atoms with Crippen LogP contribution in [-0.2, 0) is 4.79 Å². The Bertz CT molecular complexity index is 82.5. The van der Waals surface area contributed by atoms with Crippen LogP contribution in [0.1, 0.15) is 19.8 Å². The van der Waals surface area contributed by atoms with Gasteiger partial charge >= 0.3 is 56.5 Å². The van der Waals surface area contributed by atoms with Gasteiger partial charge in [0.25, 0.3) is 0 Å². The zero-order chi connectivity index (χ0) is 6.57. The number of hydrogen-bond acceptors (Lipinski definition) is 2. The predicted molar refractivity (Wildman–Crippen MR) is 31.7 cm³/mol. The van der Waals surface area contributed by atoms with Crippen LogP contribution in [0.2, 0.25) is 0 Å². The van der Waals surface area contributed by atoms with Gasteiger partial charge in [0.05, 0.1) is 0 Å². The third-order valence-corrected chi connectivity index (χ3v) is 1.41. The van der Waals surface area contributed by atoms with Crippen LogP contribution < -0.4 is 0 Å².